The molecule has 2 rings (SSSR count). The SMILES string of the molecule is CN(Cc1ccccc1)[C@@H]1C[C@@H](CC#N)N(C(=O)OC(C)(C)C)C1. The molecule has 5 nitrogen and oxygen atoms in total. The van der Waals surface area contributed by atoms with Crippen molar-refractivity contribution in [3.8, 4) is 6.07 Å². The van der Waals surface area contributed by atoms with Crippen LogP contribution in [-0.4, -0.2) is 47.2 Å². The second kappa shape index (κ2) is 7.67. The smallest absolute Gasteiger partial charge is 0.410 e. The molecule has 0 radical (unpaired) electrons. The van der Waals surface area contributed by atoms with Gasteiger partial charge in [0, 0.05) is 25.2 Å². The summed E-state index contributed by atoms with van der Waals surface area (Å²) in [5, 5.41) is 9.08. The first-order valence-electron chi connectivity index (χ1n) is 8.41. The maximum atomic E-state index is 12.4. The fraction of sp³-hybridized carbons (Fsp3) is 0.579. The maximum absolute atomic E-state index is 12.4. The summed E-state index contributed by atoms with van der Waals surface area (Å²) in [5.74, 6) is 0. The van der Waals surface area contributed by atoms with E-state index in [0.717, 1.165) is 13.0 Å². The predicted octanol–water partition coefficient (Wildman–Crippen LogP) is 3.41. The second-order valence-electron chi connectivity index (χ2n) is 7.44. The Kier molecular flexibility index (Phi) is 5.84. The number of hydrogen-bond donors (Lipinski definition) is 0. The number of likely N-dealkylation sites (tertiary alicyclic amines) is 1. The highest BCUT2D eigenvalue weighted by molar-refractivity contribution is 5.69. The van der Waals surface area contributed by atoms with E-state index in [1.54, 1.807) is 4.90 Å². The van der Waals surface area contributed by atoms with Crippen molar-refractivity contribution < 1.29 is 9.53 Å². The zero-order chi connectivity index (χ0) is 17.7. The Morgan fingerprint density at radius 2 is 2.04 bits per heavy atom. The lowest BCUT2D eigenvalue weighted by molar-refractivity contribution is 0.0220. The van der Waals surface area contributed by atoms with Crippen molar-refractivity contribution in [1.82, 2.24) is 9.80 Å². The average molecular weight is 329 g/mol. The molecule has 1 aliphatic rings. The quantitative estimate of drug-likeness (QED) is 0.849. The summed E-state index contributed by atoms with van der Waals surface area (Å²) in [7, 11) is 2.07. The summed E-state index contributed by atoms with van der Waals surface area (Å²) in [6.07, 6.45) is 0.823. The fourth-order valence-electron chi connectivity index (χ4n) is 3.05. The zero-order valence-corrected chi connectivity index (χ0v) is 15.0. The van der Waals surface area contributed by atoms with Crippen molar-refractivity contribution in [2.75, 3.05) is 13.6 Å². The third-order valence-electron chi connectivity index (χ3n) is 4.25. The Labute approximate surface area is 144 Å². The molecule has 1 aromatic carbocycles. The summed E-state index contributed by atoms with van der Waals surface area (Å²) in [4.78, 5) is 16.4. The van der Waals surface area contributed by atoms with E-state index in [0.29, 0.717) is 13.0 Å². The molecule has 1 aromatic rings. The van der Waals surface area contributed by atoms with Gasteiger partial charge in [0.15, 0.2) is 0 Å². The maximum Gasteiger partial charge on any atom is 0.410 e. The number of carbonyl (C=O) groups excluding carboxylic acids is 1. The van der Waals surface area contributed by atoms with Gasteiger partial charge in [-0.2, -0.15) is 5.26 Å². The van der Waals surface area contributed by atoms with E-state index in [1.165, 1.54) is 5.56 Å². The zero-order valence-electron chi connectivity index (χ0n) is 15.0. The van der Waals surface area contributed by atoms with Crippen LogP contribution in [0.3, 0.4) is 0 Å². The van der Waals surface area contributed by atoms with E-state index in [2.05, 4.69) is 30.1 Å². The van der Waals surface area contributed by atoms with Crippen LogP contribution in [0.15, 0.2) is 30.3 Å². The van der Waals surface area contributed by atoms with Crippen LogP contribution in [0.1, 0.15) is 39.2 Å². The largest absolute Gasteiger partial charge is 0.444 e. The summed E-state index contributed by atoms with van der Waals surface area (Å²) < 4.78 is 5.50. The van der Waals surface area contributed by atoms with Crippen molar-refractivity contribution in [2.45, 2.75) is 57.8 Å². The van der Waals surface area contributed by atoms with Crippen molar-refractivity contribution >= 4 is 6.09 Å². The number of amides is 1. The third-order valence-corrected chi connectivity index (χ3v) is 4.25. The van der Waals surface area contributed by atoms with Crippen LogP contribution < -0.4 is 0 Å². The first-order chi connectivity index (χ1) is 11.3. The van der Waals surface area contributed by atoms with Gasteiger partial charge in [-0.1, -0.05) is 30.3 Å². The van der Waals surface area contributed by atoms with E-state index < -0.39 is 5.60 Å². The Hall–Kier alpha value is -2.06. The topological polar surface area (TPSA) is 56.6 Å². The molecule has 1 amide bonds. The fourth-order valence-corrected chi connectivity index (χ4v) is 3.05. The van der Waals surface area contributed by atoms with Crippen LogP contribution in [0.5, 0.6) is 0 Å². The van der Waals surface area contributed by atoms with E-state index in [4.69, 9.17) is 10.00 Å². The van der Waals surface area contributed by atoms with Crippen molar-refractivity contribution in [2.24, 2.45) is 0 Å². The highest BCUT2D eigenvalue weighted by atomic mass is 16.6. The van der Waals surface area contributed by atoms with Gasteiger partial charge in [0.2, 0.25) is 0 Å². The summed E-state index contributed by atoms with van der Waals surface area (Å²) in [6.45, 7) is 7.01. The molecule has 130 valence electrons. The summed E-state index contributed by atoms with van der Waals surface area (Å²) in [6, 6.07) is 12.6. The highest BCUT2D eigenvalue weighted by Gasteiger charge is 2.38. The first kappa shape index (κ1) is 18.3. The van der Waals surface area contributed by atoms with Crippen LogP contribution in [0, 0.1) is 11.3 Å². The number of rotatable bonds is 4. The number of hydrogen-bond acceptors (Lipinski definition) is 4. The minimum absolute atomic E-state index is 0.0759. The molecule has 24 heavy (non-hydrogen) atoms. The van der Waals surface area contributed by atoms with Gasteiger partial charge in [-0.15, -0.1) is 0 Å². The van der Waals surface area contributed by atoms with Gasteiger partial charge in [0.25, 0.3) is 0 Å². The monoisotopic (exact) mass is 329 g/mol. The van der Waals surface area contributed by atoms with Gasteiger partial charge >= 0.3 is 6.09 Å². The Balaban J connectivity index is 2.03. The van der Waals surface area contributed by atoms with Crippen LogP contribution in [0.25, 0.3) is 0 Å². The van der Waals surface area contributed by atoms with Crippen molar-refractivity contribution in [3.05, 3.63) is 35.9 Å². The van der Waals surface area contributed by atoms with Crippen molar-refractivity contribution in [1.29, 1.82) is 5.26 Å². The number of nitriles is 1. The van der Waals surface area contributed by atoms with Gasteiger partial charge in [-0.3, -0.25) is 4.90 Å². The van der Waals surface area contributed by atoms with Crippen LogP contribution in [-0.2, 0) is 11.3 Å². The molecule has 0 aliphatic carbocycles. The van der Waals surface area contributed by atoms with Gasteiger partial charge in [0.05, 0.1) is 12.5 Å². The molecule has 0 aromatic heterocycles. The van der Waals surface area contributed by atoms with E-state index in [1.807, 2.05) is 39.0 Å². The molecular formula is C19H27N3O2. The lowest BCUT2D eigenvalue weighted by Gasteiger charge is -2.28. The lowest BCUT2D eigenvalue weighted by atomic mass is 10.1. The normalized spacial score (nSPS) is 20.9. The van der Waals surface area contributed by atoms with Gasteiger partial charge in [-0.05, 0) is 39.8 Å². The number of likely N-dealkylation sites (N-methyl/N-ethyl adjacent to an activating group) is 1. The van der Waals surface area contributed by atoms with E-state index in [-0.39, 0.29) is 18.2 Å². The molecule has 1 heterocycles. The van der Waals surface area contributed by atoms with Gasteiger partial charge in [0.1, 0.15) is 5.60 Å². The van der Waals surface area contributed by atoms with Crippen molar-refractivity contribution in [3.63, 3.8) is 0 Å². The van der Waals surface area contributed by atoms with Gasteiger partial charge < -0.3 is 9.64 Å². The third kappa shape index (κ3) is 4.97. The molecule has 2 atom stereocenters. The molecule has 0 unspecified atom stereocenters. The Morgan fingerprint density at radius 3 is 2.62 bits per heavy atom. The standard InChI is InChI=1S/C19H27N3O2/c1-19(2,3)24-18(23)22-14-17(12-16(22)10-11-20)21(4)13-15-8-6-5-7-9-15/h5-9,16-17H,10,12-14H2,1-4H3/t16-,17-/m1/s1. The molecule has 1 aliphatic heterocycles. The molecule has 1 fully saturated rings. The van der Waals surface area contributed by atoms with Crippen LogP contribution in [0.2, 0.25) is 0 Å². The molecule has 5 heteroatoms. The Morgan fingerprint density at radius 1 is 1.38 bits per heavy atom. The van der Waals surface area contributed by atoms with Gasteiger partial charge in [-0.25, -0.2) is 4.79 Å². The Bertz CT molecular complexity index is 589. The minimum atomic E-state index is -0.525. The number of carbonyl (C=O) groups is 1. The minimum Gasteiger partial charge on any atom is -0.444 e. The predicted molar refractivity (Wildman–Crippen MR) is 93.3 cm³/mol. The number of nitrogens with zero attached hydrogens (tertiary/aromatic N) is 3. The molecular weight excluding hydrogens is 302 g/mol. The number of ether oxygens (including phenoxy) is 1. The molecule has 0 bridgehead atoms. The number of benzene rings is 1. The molecule has 0 saturated carbocycles. The lowest BCUT2D eigenvalue weighted by Crippen LogP contribution is -2.41. The molecule has 0 N–H and O–H groups in total. The first-order valence-corrected chi connectivity index (χ1v) is 8.41. The van der Waals surface area contributed by atoms with E-state index in [9.17, 15) is 4.79 Å². The summed E-state index contributed by atoms with van der Waals surface area (Å²) >= 11 is 0. The second-order valence-corrected chi connectivity index (χ2v) is 7.44. The average Bonchev–Trinajstić information content (AvgIpc) is 2.91. The summed E-state index contributed by atoms with van der Waals surface area (Å²) in [5.41, 5.74) is 0.718. The molecule has 0 spiro atoms. The van der Waals surface area contributed by atoms with Crippen LogP contribution >= 0.6 is 0 Å². The van der Waals surface area contributed by atoms with Crippen LogP contribution in [0.4, 0.5) is 4.79 Å². The van der Waals surface area contributed by atoms with E-state index >= 15 is 0 Å². The molecule has 1 saturated heterocycles. The highest BCUT2D eigenvalue weighted by Crippen LogP contribution is 2.26.